The first-order chi connectivity index (χ1) is 11.3. The lowest BCUT2D eigenvalue weighted by Gasteiger charge is -2.22. The monoisotopic (exact) mass is 301 g/mol. The van der Waals surface area contributed by atoms with Crippen LogP contribution in [0.4, 0.5) is 0 Å². The molecule has 0 bridgehead atoms. The predicted octanol–water partition coefficient (Wildman–Crippen LogP) is 6.26. The number of hydrogen-bond acceptors (Lipinski definition) is 1. The maximum atomic E-state index is 4.65. The molecule has 1 fully saturated rings. The molecule has 0 amide bonds. The van der Waals surface area contributed by atoms with Crippen LogP contribution in [0.25, 0.3) is 22.0 Å². The number of para-hydroxylation sites is 1. The molecule has 116 valence electrons. The van der Waals surface area contributed by atoms with Gasteiger partial charge in [0.05, 0.1) is 5.52 Å². The minimum absolute atomic E-state index is 0.772. The smallest absolute Gasteiger partial charge is 0.0711 e. The van der Waals surface area contributed by atoms with Gasteiger partial charge in [0.25, 0.3) is 0 Å². The topological polar surface area (TPSA) is 12.9 Å². The van der Waals surface area contributed by atoms with Gasteiger partial charge in [-0.3, -0.25) is 4.98 Å². The van der Waals surface area contributed by atoms with Gasteiger partial charge >= 0.3 is 0 Å². The van der Waals surface area contributed by atoms with Crippen molar-refractivity contribution in [3.05, 3.63) is 65.9 Å². The van der Waals surface area contributed by atoms with E-state index < -0.39 is 0 Å². The number of fused-ring (bicyclic) bond motifs is 1. The van der Waals surface area contributed by atoms with E-state index in [4.69, 9.17) is 0 Å². The van der Waals surface area contributed by atoms with Crippen LogP contribution in [0.2, 0.25) is 0 Å². The highest BCUT2D eigenvalue weighted by Gasteiger charge is 2.15. The van der Waals surface area contributed by atoms with Crippen molar-refractivity contribution in [3.8, 4) is 11.1 Å². The van der Waals surface area contributed by atoms with Gasteiger partial charge in [0.2, 0.25) is 0 Å². The first-order valence-electron chi connectivity index (χ1n) is 8.78. The Labute approximate surface area is 138 Å². The Morgan fingerprint density at radius 2 is 1.61 bits per heavy atom. The summed E-state index contributed by atoms with van der Waals surface area (Å²) in [6.07, 6.45) is 6.91. The third-order valence-electron chi connectivity index (χ3n) is 5.14. The van der Waals surface area contributed by atoms with Crippen LogP contribution in [0, 0.1) is 6.92 Å². The lowest BCUT2D eigenvalue weighted by molar-refractivity contribution is 0.443. The van der Waals surface area contributed by atoms with Crippen molar-refractivity contribution in [2.75, 3.05) is 0 Å². The molecule has 1 aliphatic carbocycles. The molecule has 1 aromatic heterocycles. The molecule has 1 nitrogen and oxygen atoms in total. The molecule has 1 heterocycles. The molecule has 2 aromatic carbocycles. The molecule has 0 atom stereocenters. The fourth-order valence-electron chi connectivity index (χ4n) is 3.92. The van der Waals surface area contributed by atoms with E-state index in [9.17, 15) is 0 Å². The Kier molecular flexibility index (Phi) is 3.87. The van der Waals surface area contributed by atoms with E-state index in [0.717, 1.165) is 17.1 Å². The number of hydrogen-bond donors (Lipinski definition) is 0. The predicted molar refractivity (Wildman–Crippen MR) is 97.7 cm³/mol. The van der Waals surface area contributed by atoms with E-state index in [1.807, 2.05) is 0 Å². The summed E-state index contributed by atoms with van der Waals surface area (Å²) < 4.78 is 0. The lowest BCUT2D eigenvalue weighted by atomic mass is 9.83. The Balaban J connectivity index is 1.73. The molecule has 0 N–H and O–H groups in total. The Morgan fingerprint density at radius 3 is 2.39 bits per heavy atom. The number of aromatic nitrogens is 1. The molecule has 0 spiro atoms. The molecular weight excluding hydrogens is 278 g/mol. The van der Waals surface area contributed by atoms with Crippen molar-refractivity contribution in [3.63, 3.8) is 0 Å². The zero-order valence-electron chi connectivity index (χ0n) is 13.8. The molecule has 1 aliphatic rings. The molecule has 1 heteroatoms. The van der Waals surface area contributed by atoms with Gasteiger partial charge in [-0.15, -0.1) is 0 Å². The van der Waals surface area contributed by atoms with E-state index in [2.05, 4.69) is 66.5 Å². The van der Waals surface area contributed by atoms with E-state index in [-0.39, 0.29) is 0 Å². The van der Waals surface area contributed by atoms with Gasteiger partial charge in [0, 0.05) is 11.1 Å². The molecule has 0 saturated heterocycles. The average molecular weight is 301 g/mol. The maximum Gasteiger partial charge on any atom is 0.0711 e. The zero-order valence-corrected chi connectivity index (χ0v) is 13.8. The lowest BCUT2D eigenvalue weighted by Crippen LogP contribution is -2.04. The van der Waals surface area contributed by atoms with Crippen LogP contribution in [0.3, 0.4) is 0 Å². The summed E-state index contributed by atoms with van der Waals surface area (Å²) in [4.78, 5) is 4.65. The van der Waals surface area contributed by atoms with Gasteiger partial charge in [-0.1, -0.05) is 61.7 Å². The summed E-state index contributed by atoms with van der Waals surface area (Å²) in [5.41, 5.74) is 6.27. The standard InChI is InChI=1S/C22H23N/c1-16-15-21(20-9-5-6-10-22(20)23-16)19-13-11-18(12-14-19)17-7-3-2-4-8-17/h5-6,9-15,17H,2-4,7-8H2,1H3. The van der Waals surface area contributed by atoms with E-state index in [1.165, 1.54) is 54.2 Å². The van der Waals surface area contributed by atoms with Crippen LogP contribution in [0.5, 0.6) is 0 Å². The van der Waals surface area contributed by atoms with E-state index >= 15 is 0 Å². The van der Waals surface area contributed by atoms with Crippen molar-refractivity contribution in [2.24, 2.45) is 0 Å². The second kappa shape index (κ2) is 6.16. The minimum atomic E-state index is 0.772. The molecule has 4 rings (SSSR count). The molecule has 0 aliphatic heterocycles. The maximum absolute atomic E-state index is 4.65. The van der Waals surface area contributed by atoms with Gasteiger partial charge in [-0.25, -0.2) is 0 Å². The summed E-state index contributed by atoms with van der Waals surface area (Å²) in [6.45, 7) is 2.08. The summed E-state index contributed by atoms with van der Waals surface area (Å²) in [5, 5.41) is 1.24. The molecular formula is C22H23N. The van der Waals surface area contributed by atoms with Gasteiger partial charge in [-0.05, 0) is 54.5 Å². The van der Waals surface area contributed by atoms with Gasteiger partial charge in [-0.2, -0.15) is 0 Å². The third-order valence-corrected chi connectivity index (χ3v) is 5.14. The number of aryl methyl sites for hydroxylation is 1. The Bertz CT molecular complexity index is 811. The SMILES string of the molecule is Cc1cc(-c2ccc(C3CCCCC3)cc2)c2ccccc2n1. The third kappa shape index (κ3) is 2.88. The minimum Gasteiger partial charge on any atom is -0.253 e. The Morgan fingerprint density at radius 1 is 0.870 bits per heavy atom. The Hall–Kier alpha value is -2.15. The first-order valence-corrected chi connectivity index (χ1v) is 8.78. The van der Waals surface area contributed by atoms with Crippen molar-refractivity contribution in [1.82, 2.24) is 4.98 Å². The summed E-state index contributed by atoms with van der Waals surface area (Å²) >= 11 is 0. The van der Waals surface area contributed by atoms with Crippen molar-refractivity contribution >= 4 is 10.9 Å². The number of pyridine rings is 1. The zero-order chi connectivity index (χ0) is 15.6. The number of benzene rings is 2. The van der Waals surface area contributed by atoms with Crippen LogP contribution in [0.1, 0.15) is 49.3 Å². The molecule has 23 heavy (non-hydrogen) atoms. The first kappa shape index (κ1) is 14.4. The van der Waals surface area contributed by atoms with Gasteiger partial charge in [0.1, 0.15) is 0 Å². The van der Waals surface area contributed by atoms with Crippen LogP contribution in [0.15, 0.2) is 54.6 Å². The van der Waals surface area contributed by atoms with Crippen molar-refractivity contribution in [1.29, 1.82) is 0 Å². The van der Waals surface area contributed by atoms with Crippen molar-refractivity contribution < 1.29 is 0 Å². The summed E-state index contributed by atoms with van der Waals surface area (Å²) in [6, 6.07) is 19.9. The van der Waals surface area contributed by atoms with Crippen LogP contribution in [-0.4, -0.2) is 4.98 Å². The highest BCUT2D eigenvalue weighted by molar-refractivity contribution is 5.94. The number of nitrogens with zero attached hydrogens (tertiary/aromatic N) is 1. The second-order valence-electron chi connectivity index (χ2n) is 6.79. The van der Waals surface area contributed by atoms with Crippen LogP contribution >= 0.6 is 0 Å². The van der Waals surface area contributed by atoms with E-state index in [0.29, 0.717) is 0 Å². The highest BCUT2D eigenvalue weighted by atomic mass is 14.7. The van der Waals surface area contributed by atoms with Crippen LogP contribution < -0.4 is 0 Å². The molecule has 3 aromatic rings. The quantitative estimate of drug-likeness (QED) is 0.544. The fourth-order valence-corrected chi connectivity index (χ4v) is 3.92. The van der Waals surface area contributed by atoms with Crippen molar-refractivity contribution in [2.45, 2.75) is 44.9 Å². The summed E-state index contributed by atoms with van der Waals surface area (Å²) in [7, 11) is 0. The number of rotatable bonds is 2. The van der Waals surface area contributed by atoms with Gasteiger partial charge < -0.3 is 0 Å². The van der Waals surface area contributed by atoms with Gasteiger partial charge in [0.15, 0.2) is 0 Å². The largest absolute Gasteiger partial charge is 0.253 e. The average Bonchev–Trinajstić information content (AvgIpc) is 2.62. The highest BCUT2D eigenvalue weighted by Crippen LogP contribution is 2.34. The van der Waals surface area contributed by atoms with E-state index in [1.54, 1.807) is 0 Å². The summed E-state index contributed by atoms with van der Waals surface area (Å²) in [5.74, 6) is 0.772. The second-order valence-corrected chi connectivity index (χ2v) is 6.79. The normalized spacial score (nSPS) is 15.9. The molecule has 1 saturated carbocycles. The van der Waals surface area contributed by atoms with Crippen LogP contribution in [-0.2, 0) is 0 Å². The fraction of sp³-hybridized carbons (Fsp3) is 0.318. The molecule has 0 radical (unpaired) electrons. The molecule has 0 unspecified atom stereocenters.